The SMILES string of the molecule is N#Cc1ccccc1N1C(=O)[C@@H]2C3c4ccccc4C([N+](=O)[O-])(c4ccccc43)[C@@H]2C1=O. The van der Waals surface area contributed by atoms with Crippen LogP contribution in [0.2, 0.25) is 0 Å². The van der Waals surface area contributed by atoms with Crippen LogP contribution in [0.1, 0.15) is 33.7 Å². The van der Waals surface area contributed by atoms with E-state index in [0.717, 1.165) is 4.90 Å². The maximum Gasteiger partial charge on any atom is 0.285 e. The fourth-order valence-electron chi connectivity index (χ4n) is 6.04. The normalized spacial score (nSPS) is 26.8. The van der Waals surface area contributed by atoms with Crippen molar-refractivity contribution in [3.05, 3.63) is 111 Å². The van der Waals surface area contributed by atoms with Gasteiger partial charge in [-0.25, -0.2) is 4.90 Å². The quantitative estimate of drug-likeness (QED) is 0.359. The Kier molecular flexibility index (Phi) is 3.52. The van der Waals surface area contributed by atoms with E-state index in [1.165, 1.54) is 12.1 Å². The Hall–Kier alpha value is -4.31. The smallest absolute Gasteiger partial charge is 0.274 e. The van der Waals surface area contributed by atoms with E-state index in [0.29, 0.717) is 22.3 Å². The van der Waals surface area contributed by atoms with Gasteiger partial charge in [-0.2, -0.15) is 5.26 Å². The van der Waals surface area contributed by atoms with Gasteiger partial charge in [0, 0.05) is 22.0 Å². The standard InChI is InChI=1S/C25H15N3O4/c26-13-14-7-1-6-12-19(14)27-23(29)21-20-15-8-2-4-10-17(15)25(28(31)32,22(21)24(27)30)18-11-5-3-9-16(18)20/h1-12,20-22H/t20?,21-,22+,25?/m1/s1. The first-order chi connectivity index (χ1) is 15.5. The number of rotatable bonds is 2. The molecule has 154 valence electrons. The fourth-order valence-corrected chi connectivity index (χ4v) is 6.04. The Morgan fingerprint density at radius 3 is 2.03 bits per heavy atom. The molecule has 3 aromatic rings. The van der Waals surface area contributed by atoms with E-state index in [-0.39, 0.29) is 11.3 Å². The Balaban J connectivity index is 1.69. The molecular formula is C25H15N3O4. The minimum atomic E-state index is -1.87. The van der Waals surface area contributed by atoms with Gasteiger partial charge >= 0.3 is 0 Å². The molecule has 0 spiro atoms. The van der Waals surface area contributed by atoms with Crippen molar-refractivity contribution in [2.75, 3.05) is 4.90 Å². The monoisotopic (exact) mass is 421 g/mol. The highest BCUT2D eigenvalue weighted by Gasteiger charge is 2.74. The van der Waals surface area contributed by atoms with Gasteiger partial charge in [0.05, 0.1) is 17.2 Å². The van der Waals surface area contributed by atoms with Crippen molar-refractivity contribution in [3.8, 4) is 6.07 Å². The number of nitriles is 1. The van der Waals surface area contributed by atoms with Crippen LogP contribution in [-0.4, -0.2) is 16.7 Å². The number of anilines is 1. The van der Waals surface area contributed by atoms with Crippen molar-refractivity contribution in [2.45, 2.75) is 11.5 Å². The first-order valence-corrected chi connectivity index (χ1v) is 10.2. The van der Waals surface area contributed by atoms with E-state index in [1.54, 1.807) is 48.5 Å². The fraction of sp³-hybridized carbons (Fsp3) is 0.160. The molecule has 0 aromatic heterocycles. The van der Waals surface area contributed by atoms with Crippen LogP contribution in [0.4, 0.5) is 5.69 Å². The lowest BCUT2D eigenvalue weighted by molar-refractivity contribution is -0.578. The number of para-hydroxylation sites is 1. The third-order valence-electron chi connectivity index (χ3n) is 7.13. The van der Waals surface area contributed by atoms with Gasteiger partial charge in [0.1, 0.15) is 12.0 Å². The molecule has 1 fully saturated rings. The molecule has 0 unspecified atom stereocenters. The number of hydrogen-bond acceptors (Lipinski definition) is 5. The van der Waals surface area contributed by atoms with Crippen molar-refractivity contribution < 1.29 is 14.5 Å². The molecule has 4 aliphatic rings. The third kappa shape index (κ3) is 1.90. The predicted molar refractivity (Wildman–Crippen MR) is 113 cm³/mol. The van der Waals surface area contributed by atoms with Crippen molar-refractivity contribution in [3.63, 3.8) is 0 Å². The molecule has 2 atom stereocenters. The van der Waals surface area contributed by atoms with E-state index >= 15 is 0 Å². The van der Waals surface area contributed by atoms with E-state index in [1.807, 2.05) is 18.2 Å². The minimum Gasteiger partial charge on any atom is -0.274 e. The predicted octanol–water partition coefficient (Wildman–Crippen LogP) is 3.34. The number of carbonyl (C=O) groups excluding carboxylic acids is 2. The number of benzene rings is 3. The molecule has 0 radical (unpaired) electrons. The summed E-state index contributed by atoms with van der Waals surface area (Å²) in [5.74, 6) is -3.70. The van der Waals surface area contributed by atoms with Gasteiger partial charge in [-0.1, -0.05) is 60.7 Å². The zero-order valence-corrected chi connectivity index (χ0v) is 16.6. The van der Waals surface area contributed by atoms with Crippen LogP contribution in [-0.2, 0) is 15.1 Å². The molecular weight excluding hydrogens is 406 g/mol. The molecule has 0 saturated carbocycles. The second kappa shape index (κ2) is 6.11. The molecule has 1 aliphatic heterocycles. The first-order valence-electron chi connectivity index (χ1n) is 10.2. The lowest BCUT2D eigenvalue weighted by Gasteiger charge is -2.48. The average molecular weight is 421 g/mol. The Morgan fingerprint density at radius 1 is 0.875 bits per heavy atom. The van der Waals surface area contributed by atoms with Crippen molar-refractivity contribution in [1.82, 2.24) is 0 Å². The second-order valence-corrected chi connectivity index (χ2v) is 8.32. The van der Waals surface area contributed by atoms with Crippen molar-refractivity contribution in [2.24, 2.45) is 11.8 Å². The second-order valence-electron chi connectivity index (χ2n) is 8.32. The lowest BCUT2D eigenvalue weighted by atomic mass is 9.51. The molecule has 2 amide bonds. The summed E-state index contributed by atoms with van der Waals surface area (Å²) < 4.78 is 0. The average Bonchev–Trinajstić information content (AvgIpc) is 3.09. The summed E-state index contributed by atoms with van der Waals surface area (Å²) in [6, 6.07) is 22.4. The summed E-state index contributed by atoms with van der Waals surface area (Å²) >= 11 is 0. The highest BCUT2D eigenvalue weighted by Crippen LogP contribution is 2.64. The van der Waals surface area contributed by atoms with Gasteiger partial charge < -0.3 is 0 Å². The van der Waals surface area contributed by atoms with Crippen LogP contribution in [0.3, 0.4) is 0 Å². The Morgan fingerprint density at radius 2 is 1.44 bits per heavy atom. The van der Waals surface area contributed by atoms with E-state index < -0.39 is 40.0 Å². The van der Waals surface area contributed by atoms with Crippen LogP contribution in [0.15, 0.2) is 72.8 Å². The van der Waals surface area contributed by atoms with Gasteiger partial charge in [0.2, 0.25) is 11.8 Å². The molecule has 3 aromatic carbocycles. The number of carbonyl (C=O) groups is 2. The zero-order valence-electron chi connectivity index (χ0n) is 16.6. The molecule has 32 heavy (non-hydrogen) atoms. The maximum absolute atomic E-state index is 13.8. The van der Waals surface area contributed by atoms with Crippen LogP contribution < -0.4 is 4.90 Å². The molecule has 7 nitrogen and oxygen atoms in total. The summed E-state index contributed by atoms with van der Waals surface area (Å²) in [6.07, 6.45) is 0. The Bertz CT molecular complexity index is 1360. The summed E-state index contributed by atoms with van der Waals surface area (Å²) in [6.45, 7) is 0. The number of hydrogen-bond donors (Lipinski definition) is 0. The topological polar surface area (TPSA) is 104 Å². The summed E-state index contributed by atoms with van der Waals surface area (Å²) in [4.78, 5) is 41.1. The summed E-state index contributed by atoms with van der Waals surface area (Å²) in [7, 11) is 0. The van der Waals surface area contributed by atoms with E-state index in [2.05, 4.69) is 0 Å². The Labute approximate surface area is 182 Å². The highest BCUT2D eigenvalue weighted by molar-refractivity contribution is 6.24. The van der Waals surface area contributed by atoms with Crippen LogP contribution in [0.25, 0.3) is 0 Å². The molecule has 7 rings (SSSR count). The molecule has 7 heteroatoms. The number of imide groups is 1. The van der Waals surface area contributed by atoms with Crippen LogP contribution in [0.5, 0.6) is 0 Å². The molecule has 1 saturated heterocycles. The van der Waals surface area contributed by atoms with Crippen molar-refractivity contribution >= 4 is 17.5 Å². The summed E-state index contributed by atoms with van der Waals surface area (Å²) in [5, 5.41) is 22.4. The van der Waals surface area contributed by atoms with Gasteiger partial charge in [-0.3, -0.25) is 19.7 Å². The largest absolute Gasteiger partial charge is 0.285 e. The number of nitrogens with zero attached hydrogens (tertiary/aromatic N) is 3. The number of amides is 2. The van der Waals surface area contributed by atoms with Gasteiger partial charge in [-0.05, 0) is 23.3 Å². The zero-order chi connectivity index (χ0) is 22.2. The first kappa shape index (κ1) is 18.5. The van der Waals surface area contributed by atoms with Gasteiger partial charge in [0.15, 0.2) is 0 Å². The van der Waals surface area contributed by atoms with Crippen LogP contribution in [0, 0.1) is 33.3 Å². The van der Waals surface area contributed by atoms with E-state index in [9.17, 15) is 25.0 Å². The molecule has 1 heterocycles. The minimum absolute atomic E-state index is 0.172. The lowest BCUT2D eigenvalue weighted by Crippen LogP contribution is -2.57. The van der Waals surface area contributed by atoms with Gasteiger partial charge in [-0.15, -0.1) is 0 Å². The highest BCUT2D eigenvalue weighted by atomic mass is 16.6. The molecule has 2 bridgehead atoms. The van der Waals surface area contributed by atoms with Gasteiger partial charge in [0.25, 0.3) is 5.54 Å². The van der Waals surface area contributed by atoms with Crippen molar-refractivity contribution in [1.29, 1.82) is 5.26 Å². The molecule has 0 N–H and O–H groups in total. The van der Waals surface area contributed by atoms with E-state index in [4.69, 9.17) is 0 Å². The summed E-state index contributed by atoms with van der Waals surface area (Å²) in [5.41, 5.74) is 0.825. The van der Waals surface area contributed by atoms with Crippen LogP contribution >= 0.6 is 0 Å². The maximum atomic E-state index is 13.8. The third-order valence-corrected chi connectivity index (χ3v) is 7.13. The number of nitro groups is 1. The molecule has 3 aliphatic carbocycles.